The minimum absolute atomic E-state index is 0.156. The summed E-state index contributed by atoms with van der Waals surface area (Å²) < 4.78 is 1.06. The highest BCUT2D eigenvalue weighted by Crippen LogP contribution is 2.19. The molecule has 0 saturated heterocycles. The lowest BCUT2D eigenvalue weighted by molar-refractivity contribution is 0.102. The molecular weight excluding hydrogens is 377 g/mol. The molecule has 2 heterocycles. The molecule has 0 fully saturated rings. The second-order valence-corrected chi connectivity index (χ2v) is 6.74. The average Bonchev–Trinajstić information content (AvgIpc) is 2.93. The smallest absolute Gasteiger partial charge is 0.322 e. The summed E-state index contributed by atoms with van der Waals surface area (Å²) in [6.45, 7) is 0. The van der Waals surface area contributed by atoms with E-state index in [-0.39, 0.29) is 11.6 Å². The Balaban J connectivity index is 1.88. The number of aromatic nitrogens is 2. The minimum Gasteiger partial charge on any atom is -0.322 e. The molecule has 5 nitrogen and oxygen atoms in total. The molecule has 3 aromatic rings. The fourth-order valence-corrected chi connectivity index (χ4v) is 3.07. The highest BCUT2D eigenvalue weighted by Gasteiger charge is 2.09. The first kappa shape index (κ1) is 12.4. The van der Waals surface area contributed by atoms with Crippen molar-refractivity contribution in [2.24, 2.45) is 0 Å². The van der Waals surface area contributed by atoms with Gasteiger partial charge in [0.05, 0.1) is 19.5 Å². The van der Waals surface area contributed by atoms with E-state index in [0.29, 0.717) is 22.3 Å². The molecule has 0 spiro atoms. The maximum Gasteiger partial charge on any atom is 0.323 e. The number of hydrogen-bond acceptors (Lipinski definition) is 3. The van der Waals surface area contributed by atoms with E-state index in [0.717, 1.165) is 2.88 Å². The molecule has 96 valence electrons. The molecule has 0 radical (unpaired) electrons. The highest BCUT2D eigenvalue weighted by molar-refractivity contribution is 14.1. The van der Waals surface area contributed by atoms with Gasteiger partial charge in [0.25, 0.3) is 5.91 Å². The van der Waals surface area contributed by atoms with Gasteiger partial charge in [0.2, 0.25) is 0 Å². The van der Waals surface area contributed by atoms with E-state index < -0.39 is 0 Å². The number of benzene rings is 1. The first-order valence-electron chi connectivity index (χ1n) is 5.39. The van der Waals surface area contributed by atoms with Crippen molar-refractivity contribution in [3.63, 3.8) is 0 Å². The molecule has 0 aliphatic rings. The molecule has 0 bridgehead atoms. The Morgan fingerprint density at radius 3 is 2.74 bits per heavy atom. The summed E-state index contributed by atoms with van der Waals surface area (Å²) in [6, 6.07) is 7.06. The number of imidazole rings is 1. The maximum absolute atomic E-state index is 12.0. The van der Waals surface area contributed by atoms with Crippen LogP contribution in [-0.4, -0.2) is 15.9 Å². The molecule has 19 heavy (non-hydrogen) atoms. The van der Waals surface area contributed by atoms with E-state index in [9.17, 15) is 9.59 Å². The van der Waals surface area contributed by atoms with Gasteiger partial charge in [-0.25, -0.2) is 4.79 Å². The Bertz CT molecular complexity index is 818. The lowest BCUT2D eigenvalue weighted by Crippen LogP contribution is -2.10. The summed E-state index contributed by atoms with van der Waals surface area (Å²) in [6.07, 6.45) is 0. The number of halogens is 1. The lowest BCUT2D eigenvalue weighted by Gasteiger charge is -2.03. The molecule has 0 atom stereocenters. The number of fused-ring (bicyclic) bond motifs is 1. The summed E-state index contributed by atoms with van der Waals surface area (Å²) in [5.74, 6) is -0.156. The van der Waals surface area contributed by atoms with Crippen LogP contribution in [0.15, 0.2) is 34.4 Å². The van der Waals surface area contributed by atoms with Gasteiger partial charge in [-0.2, -0.15) is 0 Å². The predicted octanol–water partition coefficient (Wildman–Crippen LogP) is 2.77. The van der Waals surface area contributed by atoms with Crippen LogP contribution < -0.4 is 11.0 Å². The van der Waals surface area contributed by atoms with Crippen molar-refractivity contribution in [2.75, 3.05) is 5.32 Å². The minimum atomic E-state index is -0.258. The number of thiophene rings is 1. The van der Waals surface area contributed by atoms with Crippen molar-refractivity contribution in [1.82, 2.24) is 9.97 Å². The van der Waals surface area contributed by atoms with Crippen molar-refractivity contribution in [1.29, 1.82) is 0 Å². The Hall–Kier alpha value is -1.61. The Morgan fingerprint density at radius 2 is 2.00 bits per heavy atom. The van der Waals surface area contributed by atoms with E-state index in [1.54, 1.807) is 18.2 Å². The number of nitrogens with one attached hydrogen (secondary N) is 3. The molecule has 0 aliphatic carbocycles. The largest absolute Gasteiger partial charge is 0.323 e. The number of anilines is 1. The van der Waals surface area contributed by atoms with E-state index >= 15 is 0 Å². The summed E-state index contributed by atoms with van der Waals surface area (Å²) in [5, 5.41) is 4.61. The van der Waals surface area contributed by atoms with E-state index in [1.165, 1.54) is 11.3 Å². The molecule has 7 heteroatoms. The lowest BCUT2D eigenvalue weighted by atomic mass is 10.2. The molecule has 0 unspecified atom stereocenters. The summed E-state index contributed by atoms with van der Waals surface area (Å²) >= 11 is 3.70. The first-order chi connectivity index (χ1) is 9.11. The Kier molecular flexibility index (Phi) is 3.15. The normalized spacial score (nSPS) is 10.8. The second kappa shape index (κ2) is 4.82. The second-order valence-electron chi connectivity index (χ2n) is 3.93. The SMILES string of the molecule is O=C(Nc1ccc2[nH]c(=O)[nH]c2c1)c1csc(I)c1. The molecule has 1 amide bonds. The number of H-pyrrole nitrogens is 2. The van der Waals surface area contributed by atoms with Crippen LogP contribution in [0.3, 0.4) is 0 Å². The van der Waals surface area contributed by atoms with Gasteiger partial charge in [0.1, 0.15) is 0 Å². The number of carbonyl (C=O) groups excluding carboxylic acids is 1. The van der Waals surface area contributed by atoms with Gasteiger partial charge in [0, 0.05) is 11.1 Å². The molecule has 3 N–H and O–H groups in total. The molecule has 0 aliphatic heterocycles. The molecule has 3 rings (SSSR count). The van der Waals surface area contributed by atoms with E-state index in [2.05, 4.69) is 37.9 Å². The quantitative estimate of drug-likeness (QED) is 0.594. The van der Waals surface area contributed by atoms with E-state index in [1.807, 2.05) is 11.4 Å². The standard InChI is InChI=1S/C12H8IN3O2S/c13-10-3-6(5-19-10)11(17)14-7-1-2-8-9(4-7)16-12(18)15-8/h1-5H,(H,14,17)(H2,15,16,18). The van der Waals surface area contributed by atoms with Crippen molar-refractivity contribution < 1.29 is 4.79 Å². The number of amides is 1. The van der Waals surface area contributed by atoms with Crippen molar-refractivity contribution >= 4 is 56.6 Å². The van der Waals surface area contributed by atoms with Crippen molar-refractivity contribution in [2.45, 2.75) is 0 Å². The molecule has 1 aromatic carbocycles. The fourth-order valence-electron chi connectivity index (χ4n) is 1.74. The summed E-state index contributed by atoms with van der Waals surface area (Å²) in [7, 11) is 0. The van der Waals surface area contributed by atoms with Gasteiger partial charge in [-0.05, 0) is 46.9 Å². The molecular formula is C12H8IN3O2S. The van der Waals surface area contributed by atoms with Gasteiger partial charge < -0.3 is 15.3 Å². The van der Waals surface area contributed by atoms with Crippen LogP contribution in [0.4, 0.5) is 5.69 Å². The van der Waals surface area contributed by atoms with Gasteiger partial charge >= 0.3 is 5.69 Å². The Labute approximate surface area is 125 Å². The monoisotopic (exact) mass is 385 g/mol. The highest BCUT2D eigenvalue weighted by atomic mass is 127. The third-order valence-electron chi connectivity index (χ3n) is 2.60. The van der Waals surface area contributed by atoms with Crippen molar-refractivity contribution in [3.05, 3.63) is 48.6 Å². The zero-order chi connectivity index (χ0) is 13.4. The van der Waals surface area contributed by atoms with Gasteiger partial charge in [0.15, 0.2) is 0 Å². The van der Waals surface area contributed by atoms with Crippen LogP contribution in [0.2, 0.25) is 0 Å². The molecule has 2 aromatic heterocycles. The first-order valence-corrected chi connectivity index (χ1v) is 7.35. The van der Waals surface area contributed by atoms with Gasteiger partial charge in [-0.15, -0.1) is 11.3 Å². The predicted molar refractivity (Wildman–Crippen MR) is 83.9 cm³/mol. The third kappa shape index (κ3) is 2.56. The number of aromatic amines is 2. The van der Waals surface area contributed by atoms with Crippen LogP contribution in [0.1, 0.15) is 10.4 Å². The summed E-state index contributed by atoms with van der Waals surface area (Å²) in [5.41, 5.74) is 2.41. The number of hydrogen-bond donors (Lipinski definition) is 3. The fraction of sp³-hybridized carbons (Fsp3) is 0. The van der Waals surface area contributed by atoms with Gasteiger partial charge in [-0.3, -0.25) is 4.79 Å². The van der Waals surface area contributed by atoms with Gasteiger partial charge in [-0.1, -0.05) is 0 Å². The number of rotatable bonds is 2. The van der Waals surface area contributed by atoms with Crippen LogP contribution in [-0.2, 0) is 0 Å². The molecule has 0 saturated carbocycles. The zero-order valence-corrected chi connectivity index (χ0v) is 12.5. The van der Waals surface area contributed by atoms with Crippen LogP contribution in [0.25, 0.3) is 11.0 Å². The average molecular weight is 385 g/mol. The topological polar surface area (TPSA) is 77.8 Å². The maximum atomic E-state index is 12.0. The van der Waals surface area contributed by atoms with Crippen LogP contribution in [0.5, 0.6) is 0 Å². The third-order valence-corrected chi connectivity index (χ3v) is 4.39. The van der Waals surface area contributed by atoms with E-state index in [4.69, 9.17) is 0 Å². The van der Waals surface area contributed by atoms with Crippen LogP contribution >= 0.6 is 33.9 Å². The summed E-state index contributed by atoms with van der Waals surface area (Å²) in [4.78, 5) is 28.4. The van der Waals surface area contributed by atoms with Crippen LogP contribution in [0, 0.1) is 2.88 Å². The Morgan fingerprint density at radius 1 is 1.21 bits per heavy atom. The number of carbonyl (C=O) groups is 1. The zero-order valence-electron chi connectivity index (χ0n) is 9.49. The van der Waals surface area contributed by atoms with Crippen molar-refractivity contribution in [3.8, 4) is 0 Å².